The van der Waals surface area contributed by atoms with E-state index in [1.807, 2.05) is 20.8 Å². The average Bonchev–Trinajstić information content (AvgIpc) is 2.45. The Hall–Kier alpha value is -0.273. The van der Waals surface area contributed by atoms with E-state index in [1.54, 1.807) is 0 Å². The first-order chi connectivity index (χ1) is 10.9. The molecule has 0 saturated heterocycles. The van der Waals surface area contributed by atoms with Crippen molar-refractivity contribution < 1.29 is 13.3 Å². The summed E-state index contributed by atoms with van der Waals surface area (Å²) in [6.45, 7) is 15.1. The molecule has 0 aromatic carbocycles. The summed E-state index contributed by atoms with van der Waals surface area (Å²) >= 11 is 0. The van der Waals surface area contributed by atoms with Crippen LogP contribution >= 0.6 is 0 Å². The number of hydrogen-bond acceptors (Lipinski definition) is 5. The van der Waals surface area contributed by atoms with Gasteiger partial charge in [0.1, 0.15) is 0 Å². The van der Waals surface area contributed by atoms with Crippen LogP contribution in [0.2, 0.25) is 6.04 Å². The smallest absolute Gasteiger partial charge is 0.374 e. The van der Waals surface area contributed by atoms with Crippen LogP contribution in [0.5, 0.6) is 0 Å². The van der Waals surface area contributed by atoms with Gasteiger partial charge in [-0.1, -0.05) is 13.8 Å². The number of rotatable bonds is 14. The van der Waals surface area contributed by atoms with E-state index >= 15 is 0 Å². The average molecular weight is 347 g/mol. The maximum absolute atomic E-state index is 6.24. The molecule has 2 N–H and O–H groups in total. The molecule has 0 heterocycles. The fourth-order valence-electron chi connectivity index (χ4n) is 2.58. The summed E-state index contributed by atoms with van der Waals surface area (Å²) in [5.74, 6) is 0.655. The molecule has 0 aromatic rings. The first kappa shape index (κ1) is 22.7. The summed E-state index contributed by atoms with van der Waals surface area (Å²) in [6.07, 6.45) is 2.81. The van der Waals surface area contributed by atoms with Crippen molar-refractivity contribution in [1.29, 1.82) is 0 Å². The van der Waals surface area contributed by atoms with Crippen LogP contribution in [0.3, 0.4) is 0 Å². The SMILES string of the molecule is CCO[Si](CCC(N)CC/N=C(\C)CC(C)C)(OCC)OCC. The van der Waals surface area contributed by atoms with Gasteiger partial charge in [0, 0.05) is 44.2 Å². The maximum atomic E-state index is 6.24. The Balaban J connectivity index is 4.32. The molecule has 5 nitrogen and oxygen atoms in total. The van der Waals surface area contributed by atoms with Gasteiger partial charge in [0.15, 0.2) is 0 Å². The second-order valence-electron chi connectivity index (χ2n) is 6.28. The lowest BCUT2D eigenvalue weighted by Crippen LogP contribution is -2.47. The molecule has 23 heavy (non-hydrogen) atoms. The quantitative estimate of drug-likeness (QED) is 0.385. The van der Waals surface area contributed by atoms with Gasteiger partial charge in [0.25, 0.3) is 0 Å². The van der Waals surface area contributed by atoms with Gasteiger partial charge in [-0.05, 0) is 52.9 Å². The molecule has 1 unspecified atom stereocenters. The minimum absolute atomic E-state index is 0.110. The minimum atomic E-state index is -2.56. The highest BCUT2D eigenvalue weighted by Crippen LogP contribution is 2.19. The summed E-state index contributed by atoms with van der Waals surface area (Å²) in [6, 6.07) is 0.886. The summed E-state index contributed by atoms with van der Waals surface area (Å²) < 4.78 is 17.6. The van der Waals surface area contributed by atoms with Gasteiger partial charge in [-0.15, -0.1) is 0 Å². The van der Waals surface area contributed by atoms with E-state index < -0.39 is 8.80 Å². The van der Waals surface area contributed by atoms with Crippen LogP contribution in [0, 0.1) is 5.92 Å². The first-order valence-electron chi connectivity index (χ1n) is 9.06. The Morgan fingerprint density at radius 2 is 1.52 bits per heavy atom. The van der Waals surface area contributed by atoms with Crippen LogP contribution in [-0.2, 0) is 13.3 Å². The van der Waals surface area contributed by atoms with Gasteiger partial charge >= 0.3 is 8.80 Å². The normalized spacial score (nSPS) is 14.5. The molecule has 0 bridgehead atoms. The third-order valence-electron chi connectivity index (χ3n) is 3.50. The highest BCUT2D eigenvalue weighted by atomic mass is 28.4. The van der Waals surface area contributed by atoms with Crippen LogP contribution < -0.4 is 5.73 Å². The van der Waals surface area contributed by atoms with Crippen molar-refractivity contribution in [3.63, 3.8) is 0 Å². The van der Waals surface area contributed by atoms with Crippen molar-refractivity contribution >= 4 is 14.5 Å². The monoisotopic (exact) mass is 346 g/mol. The van der Waals surface area contributed by atoms with Crippen molar-refractivity contribution in [2.45, 2.75) is 72.9 Å². The Bertz CT molecular complexity index is 308. The lowest BCUT2D eigenvalue weighted by molar-refractivity contribution is 0.0703. The van der Waals surface area contributed by atoms with Crippen LogP contribution in [0.15, 0.2) is 4.99 Å². The summed E-state index contributed by atoms with van der Waals surface area (Å²) in [5.41, 5.74) is 7.46. The molecule has 0 saturated carbocycles. The van der Waals surface area contributed by atoms with Gasteiger partial charge in [0.05, 0.1) is 0 Å². The predicted octanol–water partition coefficient (Wildman–Crippen LogP) is 3.65. The zero-order valence-electron chi connectivity index (χ0n) is 16.1. The number of nitrogens with two attached hydrogens (primary N) is 1. The van der Waals surface area contributed by atoms with Crippen molar-refractivity contribution in [2.75, 3.05) is 26.4 Å². The molecule has 0 aliphatic carbocycles. The van der Waals surface area contributed by atoms with Crippen molar-refractivity contribution in [2.24, 2.45) is 16.6 Å². The topological polar surface area (TPSA) is 66.1 Å². The molecule has 0 radical (unpaired) electrons. The fraction of sp³-hybridized carbons (Fsp3) is 0.941. The van der Waals surface area contributed by atoms with Crippen molar-refractivity contribution in [3.05, 3.63) is 0 Å². The molecule has 0 rings (SSSR count). The Kier molecular flexibility index (Phi) is 12.9. The largest absolute Gasteiger partial charge is 0.500 e. The highest BCUT2D eigenvalue weighted by molar-refractivity contribution is 6.60. The lowest BCUT2D eigenvalue weighted by Gasteiger charge is -2.29. The second kappa shape index (κ2) is 13.1. The van der Waals surface area contributed by atoms with E-state index in [4.69, 9.17) is 19.0 Å². The number of hydrogen-bond donors (Lipinski definition) is 1. The molecule has 138 valence electrons. The molecule has 0 aromatic heterocycles. The molecular weight excluding hydrogens is 308 g/mol. The molecular formula is C17H38N2O3Si. The van der Waals surface area contributed by atoms with Gasteiger partial charge < -0.3 is 19.0 Å². The Morgan fingerprint density at radius 3 is 1.96 bits per heavy atom. The molecule has 0 fully saturated rings. The van der Waals surface area contributed by atoms with Crippen LogP contribution in [0.1, 0.15) is 60.8 Å². The Morgan fingerprint density at radius 1 is 1.00 bits per heavy atom. The summed E-state index contributed by atoms with van der Waals surface area (Å²) in [5, 5.41) is 0. The predicted molar refractivity (Wildman–Crippen MR) is 100 cm³/mol. The minimum Gasteiger partial charge on any atom is -0.374 e. The Labute approximate surface area is 144 Å². The molecule has 0 aliphatic rings. The third-order valence-corrected chi connectivity index (χ3v) is 6.59. The van der Waals surface area contributed by atoms with Gasteiger partial charge in [0.2, 0.25) is 0 Å². The van der Waals surface area contributed by atoms with E-state index in [9.17, 15) is 0 Å². The first-order valence-corrected chi connectivity index (χ1v) is 11.0. The van der Waals surface area contributed by atoms with Gasteiger partial charge in [-0.2, -0.15) is 0 Å². The number of nitrogens with zero attached hydrogens (tertiary/aromatic N) is 1. The zero-order valence-corrected chi connectivity index (χ0v) is 17.1. The molecule has 6 heteroatoms. The van der Waals surface area contributed by atoms with E-state index in [0.29, 0.717) is 25.7 Å². The molecule has 0 aliphatic heterocycles. The van der Waals surface area contributed by atoms with Crippen LogP contribution in [0.4, 0.5) is 0 Å². The summed E-state index contributed by atoms with van der Waals surface area (Å²) in [7, 11) is -2.56. The van der Waals surface area contributed by atoms with Crippen molar-refractivity contribution in [3.8, 4) is 0 Å². The van der Waals surface area contributed by atoms with Gasteiger partial charge in [-0.25, -0.2) is 0 Å². The molecule has 0 amide bonds. The molecule has 0 spiro atoms. The van der Waals surface area contributed by atoms with E-state index in [2.05, 4.69) is 25.8 Å². The lowest BCUT2D eigenvalue weighted by atomic mass is 10.1. The standard InChI is InChI=1S/C17H38N2O3Si/c1-7-20-23(21-8-2,22-9-3)13-11-17(18)10-12-19-16(6)14-15(4)5/h15,17H,7-14,18H2,1-6H3/b19-16+. The molecule has 1 atom stereocenters. The zero-order chi connectivity index (χ0) is 17.7. The van der Waals surface area contributed by atoms with Crippen LogP contribution in [-0.4, -0.2) is 46.9 Å². The maximum Gasteiger partial charge on any atom is 0.500 e. The van der Waals surface area contributed by atoms with E-state index in [-0.39, 0.29) is 6.04 Å². The third kappa shape index (κ3) is 11.0. The summed E-state index contributed by atoms with van der Waals surface area (Å²) in [4.78, 5) is 4.61. The van der Waals surface area contributed by atoms with Gasteiger partial charge in [-0.3, -0.25) is 4.99 Å². The van der Waals surface area contributed by atoms with E-state index in [1.165, 1.54) is 5.71 Å². The highest BCUT2D eigenvalue weighted by Gasteiger charge is 2.40. The fourth-order valence-corrected chi connectivity index (χ4v) is 5.31. The second-order valence-corrected chi connectivity index (χ2v) is 9.02. The van der Waals surface area contributed by atoms with Crippen molar-refractivity contribution in [1.82, 2.24) is 0 Å². The number of aliphatic imine (C=N–C) groups is 1. The van der Waals surface area contributed by atoms with E-state index in [0.717, 1.165) is 31.9 Å². The van der Waals surface area contributed by atoms with Crippen LogP contribution in [0.25, 0.3) is 0 Å².